The SMILES string of the molecule is Cc1noc(C)c1CSc1ncccc1C(=O)NC(C)c1ccc(-n2ccnc2)cc1. The Bertz CT molecular complexity index is 1150. The van der Waals surface area contributed by atoms with Gasteiger partial charge in [-0.1, -0.05) is 17.3 Å². The molecule has 3 aromatic heterocycles. The van der Waals surface area contributed by atoms with Crippen molar-refractivity contribution in [3.05, 3.63) is 89.5 Å². The number of rotatable bonds is 7. The fraction of sp³-hybridized carbons (Fsp3) is 0.217. The molecule has 7 nitrogen and oxygen atoms in total. The summed E-state index contributed by atoms with van der Waals surface area (Å²) in [5.41, 5.74) is 4.49. The molecule has 8 heteroatoms. The number of carbonyl (C=O) groups excluding carboxylic acids is 1. The van der Waals surface area contributed by atoms with Crippen LogP contribution in [0.4, 0.5) is 0 Å². The summed E-state index contributed by atoms with van der Waals surface area (Å²) in [6.45, 7) is 5.77. The average Bonchev–Trinajstić information content (AvgIpc) is 3.43. The highest BCUT2D eigenvalue weighted by Crippen LogP contribution is 2.27. The number of hydrogen-bond acceptors (Lipinski definition) is 6. The normalized spacial score (nSPS) is 12.0. The molecular weight excluding hydrogens is 410 g/mol. The van der Waals surface area contributed by atoms with Gasteiger partial charge in [0.2, 0.25) is 0 Å². The van der Waals surface area contributed by atoms with E-state index < -0.39 is 0 Å². The summed E-state index contributed by atoms with van der Waals surface area (Å²) in [6.07, 6.45) is 7.09. The van der Waals surface area contributed by atoms with Crippen molar-refractivity contribution in [2.75, 3.05) is 0 Å². The van der Waals surface area contributed by atoms with E-state index in [4.69, 9.17) is 4.52 Å². The maximum atomic E-state index is 13.0. The van der Waals surface area contributed by atoms with Crippen molar-refractivity contribution in [1.82, 2.24) is 25.0 Å². The third kappa shape index (κ3) is 4.69. The number of nitrogens with zero attached hydrogens (tertiary/aromatic N) is 4. The van der Waals surface area contributed by atoms with Gasteiger partial charge in [-0.05, 0) is 50.6 Å². The van der Waals surface area contributed by atoms with Crippen LogP contribution >= 0.6 is 11.8 Å². The summed E-state index contributed by atoms with van der Waals surface area (Å²) >= 11 is 1.50. The van der Waals surface area contributed by atoms with Gasteiger partial charge in [0, 0.05) is 35.6 Å². The van der Waals surface area contributed by atoms with Gasteiger partial charge < -0.3 is 14.4 Å². The molecule has 1 unspecified atom stereocenters. The van der Waals surface area contributed by atoms with Crippen molar-refractivity contribution < 1.29 is 9.32 Å². The standard InChI is InChI=1S/C23H23N5O2S/c1-15(18-6-8-19(9-7-18)28-12-11-24-14-28)26-22(29)20-5-4-10-25-23(20)31-13-21-16(2)27-30-17(21)3/h4-12,14-15H,13H2,1-3H3,(H,26,29). The van der Waals surface area contributed by atoms with Crippen LogP contribution in [-0.2, 0) is 5.75 Å². The summed E-state index contributed by atoms with van der Waals surface area (Å²) in [5, 5.41) is 7.75. The Balaban J connectivity index is 1.44. The summed E-state index contributed by atoms with van der Waals surface area (Å²) in [5.74, 6) is 1.28. The molecule has 0 bridgehead atoms. The van der Waals surface area contributed by atoms with Crippen LogP contribution in [0.3, 0.4) is 0 Å². The number of benzene rings is 1. The van der Waals surface area contributed by atoms with E-state index >= 15 is 0 Å². The largest absolute Gasteiger partial charge is 0.361 e. The fourth-order valence-electron chi connectivity index (χ4n) is 3.23. The van der Waals surface area contributed by atoms with E-state index in [1.165, 1.54) is 11.8 Å². The van der Waals surface area contributed by atoms with Gasteiger partial charge in [0.25, 0.3) is 5.91 Å². The number of thioether (sulfide) groups is 1. The summed E-state index contributed by atoms with van der Waals surface area (Å²) in [4.78, 5) is 21.5. The monoisotopic (exact) mass is 433 g/mol. The van der Waals surface area contributed by atoms with E-state index in [0.717, 1.165) is 28.3 Å². The molecule has 158 valence electrons. The zero-order chi connectivity index (χ0) is 21.8. The molecule has 0 spiro atoms. The predicted molar refractivity (Wildman–Crippen MR) is 119 cm³/mol. The minimum atomic E-state index is -0.152. The van der Waals surface area contributed by atoms with E-state index in [2.05, 4.69) is 20.4 Å². The van der Waals surface area contributed by atoms with Gasteiger partial charge >= 0.3 is 0 Å². The summed E-state index contributed by atoms with van der Waals surface area (Å²) in [6, 6.07) is 11.5. The molecule has 4 rings (SSSR count). The second kappa shape index (κ2) is 9.18. The summed E-state index contributed by atoms with van der Waals surface area (Å²) < 4.78 is 7.16. The highest BCUT2D eigenvalue weighted by molar-refractivity contribution is 7.98. The maximum absolute atomic E-state index is 13.0. The first-order valence-corrected chi connectivity index (χ1v) is 10.9. The van der Waals surface area contributed by atoms with Crippen LogP contribution in [0, 0.1) is 13.8 Å². The number of aromatic nitrogens is 4. The van der Waals surface area contributed by atoms with Gasteiger partial charge in [0.15, 0.2) is 0 Å². The number of hydrogen-bond donors (Lipinski definition) is 1. The molecule has 1 N–H and O–H groups in total. The second-order valence-electron chi connectivity index (χ2n) is 7.20. The Morgan fingerprint density at radius 1 is 1.19 bits per heavy atom. The minimum Gasteiger partial charge on any atom is -0.361 e. The smallest absolute Gasteiger partial charge is 0.254 e. The number of nitrogens with one attached hydrogen (secondary N) is 1. The predicted octanol–water partition coefficient (Wildman–Crippen LogP) is 4.66. The Hall–Kier alpha value is -3.39. The number of amides is 1. The number of pyridine rings is 1. The van der Waals surface area contributed by atoms with Gasteiger partial charge in [-0.25, -0.2) is 9.97 Å². The third-order valence-electron chi connectivity index (χ3n) is 5.09. The van der Waals surface area contributed by atoms with Crippen molar-refractivity contribution >= 4 is 17.7 Å². The van der Waals surface area contributed by atoms with Gasteiger partial charge in [0.05, 0.1) is 23.6 Å². The molecule has 1 aromatic carbocycles. The van der Waals surface area contributed by atoms with Crippen LogP contribution in [-0.4, -0.2) is 25.6 Å². The third-order valence-corrected chi connectivity index (χ3v) is 6.13. The van der Waals surface area contributed by atoms with Crippen LogP contribution in [0.5, 0.6) is 0 Å². The zero-order valence-electron chi connectivity index (χ0n) is 17.6. The van der Waals surface area contributed by atoms with Gasteiger partial charge in [-0.3, -0.25) is 4.79 Å². The first kappa shape index (κ1) is 20.9. The molecule has 0 fully saturated rings. The van der Waals surface area contributed by atoms with E-state index in [9.17, 15) is 4.79 Å². The quantitative estimate of drug-likeness (QED) is 0.427. The van der Waals surface area contributed by atoms with E-state index in [1.807, 2.05) is 55.8 Å². The molecule has 0 aliphatic rings. The molecule has 3 heterocycles. The van der Waals surface area contributed by atoms with Crippen LogP contribution in [0.15, 0.2) is 70.9 Å². The van der Waals surface area contributed by atoms with Crippen molar-refractivity contribution in [2.24, 2.45) is 0 Å². The van der Waals surface area contributed by atoms with Crippen LogP contribution in [0.2, 0.25) is 0 Å². The molecule has 1 atom stereocenters. The van der Waals surface area contributed by atoms with Crippen LogP contribution < -0.4 is 5.32 Å². The second-order valence-corrected chi connectivity index (χ2v) is 8.17. The summed E-state index contributed by atoms with van der Waals surface area (Å²) in [7, 11) is 0. The first-order chi connectivity index (χ1) is 15.0. The molecular formula is C23H23N5O2S. The number of aryl methyl sites for hydroxylation is 2. The zero-order valence-corrected chi connectivity index (χ0v) is 18.4. The molecule has 4 aromatic rings. The van der Waals surface area contributed by atoms with Crippen molar-refractivity contribution in [3.63, 3.8) is 0 Å². The van der Waals surface area contributed by atoms with Crippen LogP contribution in [0.1, 0.15) is 45.9 Å². The lowest BCUT2D eigenvalue weighted by Crippen LogP contribution is -2.27. The van der Waals surface area contributed by atoms with Crippen LogP contribution in [0.25, 0.3) is 5.69 Å². The Kier molecular flexibility index (Phi) is 6.18. The number of carbonyl (C=O) groups is 1. The average molecular weight is 434 g/mol. The molecule has 0 saturated heterocycles. The topological polar surface area (TPSA) is 85.8 Å². The Morgan fingerprint density at radius 2 is 2.00 bits per heavy atom. The molecule has 0 saturated carbocycles. The fourth-order valence-corrected chi connectivity index (χ4v) is 4.38. The van der Waals surface area contributed by atoms with Crippen molar-refractivity contribution in [2.45, 2.75) is 37.6 Å². The van der Waals surface area contributed by atoms with E-state index in [1.54, 1.807) is 30.9 Å². The molecule has 0 aliphatic heterocycles. The van der Waals surface area contributed by atoms with E-state index in [0.29, 0.717) is 16.3 Å². The highest BCUT2D eigenvalue weighted by Gasteiger charge is 2.17. The molecule has 0 aliphatic carbocycles. The maximum Gasteiger partial charge on any atom is 0.254 e. The van der Waals surface area contributed by atoms with Gasteiger partial charge in [0.1, 0.15) is 10.8 Å². The minimum absolute atomic E-state index is 0.148. The number of imidazole rings is 1. The van der Waals surface area contributed by atoms with Gasteiger partial charge in [-0.2, -0.15) is 0 Å². The first-order valence-electron chi connectivity index (χ1n) is 9.91. The highest BCUT2D eigenvalue weighted by atomic mass is 32.2. The molecule has 31 heavy (non-hydrogen) atoms. The lowest BCUT2D eigenvalue weighted by molar-refractivity contribution is 0.0936. The Morgan fingerprint density at radius 3 is 2.68 bits per heavy atom. The Labute approximate surface area is 184 Å². The lowest BCUT2D eigenvalue weighted by atomic mass is 10.1. The molecule has 0 radical (unpaired) electrons. The van der Waals surface area contributed by atoms with Crippen molar-refractivity contribution in [3.8, 4) is 5.69 Å². The molecule has 1 amide bonds. The van der Waals surface area contributed by atoms with E-state index in [-0.39, 0.29) is 11.9 Å². The van der Waals surface area contributed by atoms with Crippen molar-refractivity contribution in [1.29, 1.82) is 0 Å². The van der Waals surface area contributed by atoms with Gasteiger partial charge in [-0.15, -0.1) is 11.8 Å². The lowest BCUT2D eigenvalue weighted by Gasteiger charge is -2.16.